The number of ether oxygens (including phenoxy) is 1. The van der Waals surface area contributed by atoms with Crippen molar-refractivity contribution in [3.05, 3.63) is 65.0 Å². The van der Waals surface area contributed by atoms with Crippen LogP contribution in [-0.2, 0) is 6.42 Å². The summed E-state index contributed by atoms with van der Waals surface area (Å²) in [4.78, 5) is 0. The molecule has 0 aliphatic heterocycles. The number of aryl methyl sites for hydroxylation is 2. The van der Waals surface area contributed by atoms with Gasteiger partial charge in [-0.05, 0) is 38.4 Å². The van der Waals surface area contributed by atoms with E-state index in [-0.39, 0.29) is 11.9 Å². The average molecular weight is 287 g/mol. The van der Waals surface area contributed by atoms with Gasteiger partial charge in [-0.15, -0.1) is 0 Å². The highest BCUT2D eigenvalue weighted by Gasteiger charge is 2.16. The first-order valence-electron chi connectivity index (χ1n) is 7.21. The fourth-order valence-corrected chi connectivity index (χ4v) is 2.59. The van der Waals surface area contributed by atoms with E-state index in [4.69, 9.17) is 4.74 Å². The number of halogens is 1. The highest BCUT2D eigenvalue weighted by Crippen LogP contribution is 2.27. The van der Waals surface area contributed by atoms with E-state index in [2.05, 4.69) is 36.5 Å². The van der Waals surface area contributed by atoms with Crippen molar-refractivity contribution in [1.29, 1.82) is 0 Å². The summed E-state index contributed by atoms with van der Waals surface area (Å²) >= 11 is 0. The lowest BCUT2D eigenvalue weighted by Gasteiger charge is -2.18. The van der Waals surface area contributed by atoms with E-state index in [9.17, 15) is 4.39 Å². The molecule has 0 aliphatic rings. The zero-order valence-corrected chi connectivity index (χ0v) is 12.8. The number of hydrogen-bond donors (Lipinski definition) is 1. The summed E-state index contributed by atoms with van der Waals surface area (Å²) in [5.74, 6) is 0.0203. The molecule has 1 atom stereocenters. The fraction of sp³-hybridized carbons (Fsp3) is 0.333. The van der Waals surface area contributed by atoms with Gasteiger partial charge in [0.15, 0.2) is 11.6 Å². The summed E-state index contributed by atoms with van der Waals surface area (Å²) in [7, 11) is 3.35. The molecule has 0 saturated heterocycles. The molecule has 3 heteroatoms. The SMILES string of the molecule is CNC(CCc1cccc(C)c1)c1cccc(OC)c1F. The molecule has 2 aromatic carbocycles. The zero-order valence-electron chi connectivity index (χ0n) is 12.8. The highest BCUT2D eigenvalue weighted by molar-refractivity contribution is 5.33. The third-order valence-corrected chi connectivity index (χ3v) is 3.74. The van der Waals surface area contributed by atoms with Crippen LogP contribution in [0.25, 0.3) is 0 Å². The molecule has 0 saturated carbocycles. The van der Waals surface area contributed by atoms with Gasteiger partial charge in [0.1, 0.15) is 0 Å². The smallest absolute Gasteiger partial charge is 0.169 e. The lowest BCUT2D eigenvalue weighted by atomic mass is 9.97. The van der Waals surface area contributed by atoms with Crippen LogP contribution in [0.5, 0.6) is 5.75 Å². The van der Waals surface area contributed by atoms with Gasteiger partial charge in [-0.25, -0.2) is 4.39 Å². The average Bonchev–Trinajstić information content (AvgIpc) is 2.49. The van der Waals surface area contributed by atoms with Gasteiger partial charge in [0.25, 0.3) is 0 Å². The van der Waals surface area contributed by atoms with Crippen molar-refractivity contribution in [3.63, 3.8) is 0 Å². The maximum Gasteiger partial charge on any atom is 0.169 e. The van der Waals surface area contributed by atoms with E-state index in [0.29, 0.717) is 11.3 Å². The molecule has 2 aromatic rings. The largest absolute Gasteiger partial charge is 0.494 e. The van der Waals surface area contributed by atoms with Crippen LogP contribution in [0.1, 0.15) is 29.2 Å². The van der Waals surface area contributed by atoms with Gasteiger partial charge in [-0.2, -0.15) is 0 Å². The second-order valence-corrected chi connectivity index (χ2v) is 5.23. The Labute approximate surface area is 126 Å². The molecule has 2 nitrogen and oxygen atoms in total. The van der Waals surface area contributed by atoms with Crippen LogP contribution in [-0.4, -0.2) is 14.2 Å². The molecule has 0 radical (unpaired) electrons. The first-order valence-corrected chi connectivity index (χ1v) is 7.21. The topological polar surface area (TPSA) is 21.3 Å². The van der Waals surface area contributed by atoms with Gasteiger partial charge < -0.3 is 10.1 Å². The molecule has 1 N–H and O–H groups in total. The molecule has 0 aliphatic carbocycles. The number of hydrogen-bond acceptors (Lipinski definition) is 2. The van der Waals surface area contributed by atoms with Gasteiger partial charge in [-0.3, -0.25) is 0 Å². The molecular weight excluding hydrogens is 265 g/mol. The van der Waals surface area contributed by atoms with Crippen molar-refractivity contribution in [2.45, 2.75) is 25.8 Å². The van der Waals surface area contributed by atoms with Crippen molar-refractivity contribution in [3.8, 4) is 5.75 Å². The minimum Gasteiger partial charge on any atom is -0.494 e. The Balaban J connectivity index is 2.13. The van der Waals surface area contributed by atoms with Crippen LogP contribution < -0.4 is 10.1 Å². The summed E-state index contributed by atoms with van der Waals surface area (Å²) in [6.45, 7) is 2.08. The number of nitrogens with one attached hydrogen (secondary N) is 1. The molecule has 0 fully saturated rings. The highest BCUT2D eigenvalue weighted by atomic mass is 19.1. The number of rotatable bonds is 6. The Morgan fingerprint density at radius 3 is 2.62 bits per heavy atom. The summed E-state index contributed by atoms with van der Waals surface area (Å²) in [6, 6.07) is 13.7. The first-order chi connectivity index (χ1) is 10.2. The van der Waals surface area contributed by atoms with Gasteiger partial charge in [0.2, 0.25) is 0 Å². The van der Waals surface area contributed by atoms with Crippen molar-refractivity contribution in [2.75, 3.05) is 14.2 Å². The predicted molar refractivity (Wildman–Crippen MR) is 84.3 cm³/mol. The Bertz CT molecular complexity index is 598. The van der Waals surface area contributed by atoms with Gasteiger partial charge >= 0.3 is 0 Å². The van der Waals surface area contributed by atoms with Crippen LogP contribution in [0.2, 0.25) is 0 Å². The van der Waals surface area contributed by atoms with Crippen LogP contribution in [0, 0.1) is 12.7 Å². The molecule has 1 unspecified atom stereocenters. The Morgan fingerprint density at radius 2 is 1.95 bits per heavy atom. The normalized spacial score (nSPS) is 12.2. The maximum absolute atomic E-state index is 14.3. The van der Waals surface area contributed by atoms with Gasteiger partial charge in [-0.1, -0.05) is 42.0 Å². The second-order valence-electron chi connectivity index (χ2n) is 5.23. The van der Waals surface area contributed by atoms with E-state index < -0.39 is 0 Å². The lowest BCUT2D eigenvalue weighted by Crippen LogP contribution is -2.18. The van der Waals surface area contributed by atoms with Crippen molar-refractivity contribution in [2.24, 2.45) is 0 Å². The molecule has 0 amide bonds. The van der Waals surface area contributed by atoms with Gasteiger partial charge in [0, 0.05) is 11.6 Å². The Hall–Kier alpha value is -1.87. The molecule has 0 aromatic heterocycles. The molecular formula is C18H22FNO. The summed E-state index contributed by atoms with van der Waals surface area (Å²) in [5.41, 5.74) is 3.18. The summed E-state index contributed by atoms with van der Waals surface area (Å²) in [6.07, 6.45) is 1.74. The van der Waals surface area contributed by atoms with E-state index in [0.717, 1.165) is 12.8 Å². The Kier molecular flexibility index (Phi) is 5.34. The second kappa shape index (κ2) is 7.23. The van der Waals surface area contributed by atoms with Gasteiger partial charge in [0.05, 0.1) is 7.11 Å². The maximum atomic E-state index is 14.3. The summed E-state index contributed by atoms with van der Waals surface area (Å²) in [5, 5.41) is 3.20. The Morgan fingerprint density at radius 1 is 1.19 bits per heavy atom. The van der Waals surface area contributed by atoms with Crippen LogP contribution in [0.3, 0.4) is 0 Å². The molecule has 0 heterocycles. The lowest BCUT2D eigenvalue weighted by molar-refractivity contribution is 0.379. The third kappa shape index (κ3) is 3.82. The predicted octanol–water partition coefficient (Wildman–Crippen LogP) is 4.04. The molecule has 112 valence electrons. The fourth-order valence-electron chi connectivity index (χ4n) is 2.59. The molecule has 0 bridgehead atoms. The van der Waals surface area contributed by atoms with E-state index in [1.54, 1.807) is 6.07 Å². The molecule has 21 heavy (non-hydrogen) atoms. The van der Waals surface area contributed by atoms with Crippen LogP contribution in [0.4, 0.5) is 4.39 Å². The number of methoxy groups -OCH3 is 1. The summed E-state index contributed by atoms with van der Waals surface area (Å²) < 4.78 is 19.4. The minimum atomic E-state index is -0.274. The van der Waals surface area contributed by atoms with Crippen LogP contribution in [0.15, 0.2) is 42.5 Å². The van der Waals surface area contributed by atoms with Crippen LogP contribution >= 0.6 is 0 Å². The van der Waals surface area contributed by atoms with E-state index in [1.807, 2.05) is 19.2 Å². The zero-order chi connectivity index (χ0) is 15.2. The number of benzene rings is 2. The van der Waals surface area contributed by atoms with Crippen molar-refractivity contribution in [1.82, 2.24) is 5.32 Å². The van der Waals surface area contributed by atoms with E-state index >= 15 is 0 Å². The third-order valence-electron chi connectivity index (χ3n) is 3.74. The standard InChI is InChI=1S/C18H22FNO/c1-13-6-4-7-14(12-13)10-11-16(20-2)15-8-5-9-17(21-3)18(15)19/h4-9,12,16,20H,10-11H2,1-3H3. The van der Waals surface area contributed by atoms with Crippen molar-refractivity contribution < 1.29 is 9.13 Å². The minimum absolute atomic E-state index is 0.0272. The monoisotopic (exact) mass is 287 g/mol. The first kappa shape index (κ1) is 15.5. The molecule has 0 spiro atoms. The van der Waals surface area contributed by atoms with E-state index in [1.165, 1.54) is 18.2 Å². The quantitative estimate of drug-likeness (QED) is 0.866. The molecule has 2 rings (SSSR count). The van der Waals surface area contributed by atoms with Crippen molar-refractivity contribution >= 4 is 0 Å².